The summed E-state index contributed by atoms with van der Waals surface area (Å²) in [6.07, 6.45) is 3.69. The first kappa shape index (κ1) is 15.3. The Morgan fingerprint density at radius 2 is 1.80 bits per heavy atom. The van der Waals surface area contributed by atoms with Gasteiger partial charge in [0.05, 0.1) is 4.90 Å². The van der Waals surface area contributed by atoms with E-state index in [0.29, 0.717) is 0 Å². The Morgan fingerprint density at radius 3 is 2.20 bits per heavy atom. The van der Waals surface area contributed by atoms with Crippen LogP contribution in [0.25, 0.3) is 0 Å². The summed E-state index contributed by atoms with van der Waals surface area (Å²) in [6.45, 7) is 0.887. The molecule has 0 amide bonds. The molecule has 6 heteroatoms. The lowest BCUT2D eigenvalue weighted by molar-refractivity contribution is 0.0739. The van der Waals surface area contributed by atoms with Gasteiger partial charge in [-0.05, 0) is 64.7 Å². The molecule has 0 saturated heterocycles. The van der Waals surface area contributed by atoms with Crippen molar-refractivity contribution in [2.45, 2.75) is 29.7 Å². The number of anilines is 1. The number of hydrogen-bond donors (Lipinski definition) is 2. The van der Waals surface area contributed by atoms with Crippen molar-refractivity contribution >= 4 is 15.7 Å². The Bertz CT molecular complexity index is 548. The van der Waals surface area contributed by atoms with Crippen molar-refractivity contribution in [2.24, 2.45) is 0 Å². The number of sulfonamides is 1. The summed E-state index contributed by atoms with van der Waals surface area (Å²) >= 11 is 0. The number of nitrogens with zero attached hydrogens (tertiary/aromatic N) is 1. The molecule has 112 valence electrons. The van der Waals surface area contributed by atoms with Crippen LogP contribution in [0.3, 0.4) is 0 Å². The van der Waals surface area contributed by atoms with Crippen molar-refractivity contribution < 1.29 is 8.42 Å². The highest BCUT2D eigenvalue weighted by molar-refractivity contribution is 7.89. The zero-order chi connectivity index (χ0) is 14.8. The highest BCUT2D eigenvalue weighted by Crippen LogP contribution is 2.36. The molecule has 20 heavy (non-hydrogen) atoms. The standard InChI is InChI=1S/C14H23N3O2S/c1-15-20(18,19)13-7-5-12(6-8-13)16-11-14(17(2)3)9-4-10-14/h5-8,15-16H,4,9-11H2,1-3H3. The van der Waals surface area contributed by atoms with Gasteiger partial charge in [-0.15, -0.1) is 0 Å². The third kappa shape index (κ3) is 2.97. The van der Waals surface area contributed by atoms with Crippen LogP contribution in [-0.2, 0) is 10.0 Å². The summed E-state index contributed by atoms with van der Waals surface area (Å²) in [6, 6.07) is 6.87. The van der Waals surface area contributed by atoms with E-state index in [4.69, 9.17) is 0 Å². The first-order valence-corrected chi connectivity index (χ1v) is 8.33. The van der Waals surface area contributed by atoms with Gasteiger partial charge in [0.15, 0.2) is 0 Å². The predicted molar refractivity (Wildman–Crippen MR) is 81.4 cm³/mol. The molecule has 0 aliphatic heterocycles. The molecule has 1 aliphatic carbocycles. The number of hydrogen-bond acceptors (Lipinski definition) is 4. The van der Waals surface area contributed by atoms with Gasteiger partial charge in [0.1, 0.15) is 0 Å². The van der Waals surface area contributed by atoms with Gasteiger partial charge >= 0.3 is 0 Å². The summed E-state index contributed by atoms with van der Waals surface area (Å²) in [4.78, 5) is 2.57. The molecule has 0 heterocycles. The van der Waals surface area contributed by atoms with E-state index in [2.05, 4.69) is 29.0 Å². The third-order valence-electron chi connectivity index (χ3n) is 4.29. The molecule has 0 aromatic heterocycles. The largest absolute Gasteiger partial charge is 0.383 e. The van der Waals surface area contributed by atoms with Crippen molar-refractivity contribution in [3.63, 3.8) is 0 Å². The maximum absolute atomic E-state index is 11.6. The van der Waals surface area contributed by atoms with E-state index in [1.165, 1.54) is 26.3 Å². The minimum Gasteiger partial charge on any atom is -0.383 e. The van der Waals surface area contributed by atoms with Crippen molar-refractivity contribution in [1.82, 2.24) is 9.62 Å². The molecule has 2 rings (SSSR count). The number of nitrogens with one attached hydrogen (secondary N) is 2. The molecule has 5 nitrogen and oxygen atoms in total. The van der Waals surface area contributed by atoms with Crippen molar-refractivity contribution in [3.05, 3.63) is 24.3 Å². The molecule has 0 bridgehead atoms. The zero-order valence-corrected chi connectivity index (χ0v) is 13.1. The molecule has 0 atom stereocenters. The van der Waals surface area contributed by atoms with Crippen LogP contribution in [0.1, 0.15) is 19.3 Å². The minimum atomic E-state index is -3.35. The van der Waals surface area contributed by atoms with E-state index in [1.807, 2.05) is 12.1 Å². The van der Waals surface area contributed by atoms with Gasteiger partial charge in [-0.3, -0.25) is 0 Å². The number of rotatable bonds is 6. The van der Waals surface area contributed by atoms with Gasteiger partial charge in [-0.1, -0.05) is 0 Å². The molecule has 0 unspecified atom stereocenters. The fourth-order valence-electron chi connectivity index (χ4n) is 2.50. The van der Waals surface area contributed by atoms with E-state index >= 15 is 0 Å². The Labute approximate surface area is 121 Å². The average Bonchev–Trinajstić information content (AvgIpc) is 2.37. The Kier molecular flexibility index (Phi) is 4.36. The average molecular weight is 297 g/mol. The van der Waals surface area contributed by atoms with E-state index in [1.54, 1.807) is 12.1 Å². The summed E-state index contributed by atoms with van der Waals surface area (Å²) < 4.78 is 25.6. The van der Waals surface area contributed by atoms with Crippen LogP contribution in [0.5, 0.6) is 0 Å². The smallest absolute Gasteiger partial charge is 0.240 e. The first-order chi connectivity index (χ1) is 9.39. The van der Waals surface area contributed by atoms with Crippen LogP contribution in [0.2, 0.25) is 0 Å². The fraction of sp³-hybridized carbons (Fsp3) is 0.571. The van der Waals surface area contributed by atoms with Crippen LogP contribution < -0.4 is 10.0 Å². The van der Waals surface area contributed by atoms with Gasteiger partial charge in [0.25, 0.3) is 0 Å². The van der Waals surface area contributed by atoms with Gasteiger partial charge < -0.3 is 10.2 Å². The summed E-state index contributed by atoms with van der Waals surface area (Å²) in [7, 11) is 2.29. The van der Waals surface area contributed by atoms with E-state index in [-0.39, 0.29) is 10.4 Å². The monoisotopic (exact) mass is 297 g/mol. The lowest BCUT2D eigenvalue weighted by Gasteiger charge is -2.47. The fourth-order valence-corrected chi connectivity index (χ4v) is 3.23. The SMILES string of the molecule is CNS(=O)(=O)c1ccc(NCC2(N(C)C)CCC2)cc1. The highest BCUT2D eigenvalue weighted by Gasteiger charge is 2.38. The third-order valence-corrected chi connectivity index (χ3v) is 5.72. The van der Waals surface area contributed by atoms with Crippen LogP contribution in [0.15, 0.2) is 29.2 Å². The quantitative estimate of drug-likeness (QED) is 0.835. The molecule has 0 spiro atoms. The molecule has 1 aromatic rings. The summed E-state index contributed by atoms with van der Waals surface area (Å²) in [5, 5.41) is 3.41. The van der Waals surface area contributed by atoms with Crippen molar-refractivity contribution in [3.8, 4) is 0 Å². The van der Waals surface area contributed by atoms with Crippen LogP contribution in [0.4, 0.5) is 5.69 Å². The maximum Gasteiger partial charge on any atom is 0.240 e. The molecule has 1 aromatic carbocycles. The zero-order valence-electron chi connectivity index (χ0n) is 12.3. The van der Waals surface area contributed by atoms with Gasteiger partial charge in [-0.2, -0.15) is 0 Å². The Morgan fingerprint density at radius 1 is 1.20 bits per heavy atom. The van der Waals surface area contributed by atoms with Gasteiger partial charge in [-0.25, -0.2) is 13.1 Å². The van der Waals surface area contributed by atoms with Gasteiger partial charge in [0.2, 0.25) is 10.0 Å². The molecular weight excluding hydrogens is 274 g/mol. The van der Waals surface area contributed by atoms with E-state index in [9.17, 15) is 8.42 Å². The van der Waals surface area contributed by atoms with E-state index in [0.717, 1.165) is 12.2 Å². The molecule has 1 saturated carbocycles. The summed E-state index contributed by atoms with van der Waals surface area (Å²) in [5.74, 6) is 0. The highest BCUT2D eigenvalue weighted by atomic mass is 32.2. The molecule has 2 N–H and O–H groups in total. The van der Waals surface area contributed by atoms with Crippen LogP contribution in [0, 0.1) is 0 Å². The second-order valence-corrected chi connectivity index (χ2v) is 7.44. The topological polar surface area (TPSA) is 61.4 Å². The predicted octanol–water partition coefficient (Wildman–Crippen LogP) is 1.49. The second kappa shape index (κ2) is 5.71. The molecule has 1 aliphatic rings. The number of likely N-dealkylation sites (N-methyl/N-ethyl adjacent to an activating group) is 1. The minimum absolute atomic E-state index is 0.246. The van der Waals surface area contributed by atoms with Crippen molar-refractivity contribution in [2.75, 3.05) is 33.0 Å². The van der Waals surface area contributed by atoms with Crippen LogP contribution in [-0.4, -0.2) is 46.5 Å². The lowest BCUT2D eigenvalue weighted by atomic mass is 9.75. The lowest BCUT2D eigenvalue weighted by Crippen LogP contribution is -2.54. The normalized spacial score (nSPS) is 17.8. The Balaban J connectivity index is 2.01. The first-order valence-electron chi connectivity index (χ1n) is 6.85. The molecule has 0 radical (unpaired) electrons. The maximum atomic E-state index is 11.6. The number of benzene rings is 1. The van der Waals surface area contributed by atoms with Gasteiger partial charge in [0, 0.05) is 17.8 Å². The second-order valence-electron chi connectivity index (χ2n) is 5.56. The van der Waals surface area contributed by atoms with Crippen LogP contribution >= 0.6 is 0 Å². The van der Waals surface area contributed by atoms with E-state index < -0.39 is 10.0 Å². The molecule has 1 fully saturated rings. The molecular formula is C14H23N3O2S. The Hall–Kier alpha value is -1.11. The summed E-state index contributed by atoms with van der Waals surface area (Å²) in [5.41, 5.74) is 1.20. The van der Waals surface area contributed by atoms with Crippen molar-refractivity contribution in [1.29, 1.82) is 0 Å².